The molecule has 8 nitrogen and oxygen atoms in total. The minimum absolute atomic E-state index is 0.0906. The molecule has 2 atom stereocenters. The SMILES string of the molecule is O=C(O)CC(NC(=O)C1CCCCN1C(=O)c1cc2ccccc2o1)C(=O)CF. The van der Waals surface area contributed by atoms with Crippen LogP contribution in [-0.4, -0.2) is 58.9 Å². The van der Waals surface area contributed by atoms with E-state index < -0.39 is 48.7 Å². The van der Waals surface area contributed by atoms with Gasteiger partial charge in [0.2, 0.25) is 5.91 Å². The molecule has 0 aliphatic carbocycles. The molecule has 0 bridgehead atoms. The minimum Gasteiger partial charge on any atom is -0.481 e. The Bertz CT molecular complexity index is 907. The third-order valence-corrected chi connectivity index (χ3v) is 4.92. The highest BCUT2D eigenvalue weighted by atomic mass is 19.1. The van der Waals surface area contributed by atoms with Crippen molar-refractivity contribution in [3.63, 3.8) is 0 Å². The number of amides is 2. The summed E-state index contributed by atoms with van der Waals surface area (Å²) in [5.41, 5.74) is 0.545. The Morgan fingerprint density at radius 1 is 1.24 bits per heavy atom. The van der Waals surface area contributed by atoms with Gasteiger partial charge in [0.05, 0.1) is 6.42 Å². The number of piperidine rings is 1. The standard InChI is InChI=1S/C20H21FN2O6/c21-11-15(24)13(10-18(25)26)22-19(27)14-6-3-4-8-23(14)20(28)17-9-12-5-1-2-7-16(12)29-17/h1-2,5,7,9,13-14H,3-4,6,8,10-11H2,(H,22,27)(H,25,26). The third-order valence-electron chi connectivity index (χ3n) is 4.92. The van der Waals surface area contributed by atoms with Crippen molar-refractivity contribution in [2.24, 2.45) is 0 Å². The number of hydrogen-bond donors (Lipinski definition) is 2. The van der Waals surface area contributed by atoms with Gasteiger partial charge in [-0.1, -0.05) is 18.2 Å². The van der Waals surface area contributed by atoms with E-state index in [1.54, 1.807) is 24.3 Å². The molecule has 1 saturated heterocycles. The number of likely N-dealkylation sites (tertiary alicyclic amines) is 1. The number of benzene rings is 1. The molecule has 1 aliphatic rings. The maximum atomic E-state index is 13.0. The molecule has 2 amide bonds. The van der Waals surface area contributed by atoms with E-state index in [-0.39, 0.29) is 5.76 Å². The topological polar surface area (TPSA) is 117 Å². The van der Waals surface area contributed by atoms with Crippen molar-refractivity contribution < 1.29 is 33.1 Å². The molecule has 0 saturated carbocycles. The first-order valence-corrected chi connectivity index (χ1v) is 9.31. The number of para-hydroxylation sites is 1. The number of Topliss-reactive ketones (excluding diaryl/α,β-unsaturated/α-hetero) is 1. The highest BCUT2D eigenvalue weighted by Gasteiger charge is 2.36. The van der Waals surface area contributed by atoms with Crippen LogP contribution < -0.4 is 5.32 Å². The lowest BCUT2D eigenvalue weighted by molar-refractivity contribution is -0.140. The normalized spacial score (nSPS) is 17.7. The lowest BCUT2D eigenvalue weighted by Gasteiger charge is -2.34. The van der Waals surface area contributed by atoms with Crippen molar-refractivity contribution >= 4 is 34.5 Å². The maximum Gasteiger partial charge on any atom is 0.305 e. The molecular weight excluding hydrogens is 383 g/mol. The number of nitrogens with zero attached hydrogens (tertiary/aromatic N) is 1. The van der Waals surface area contributed by atoms with Crippen LogP contribution in [0.3, 0.4) is 0 Å². The van der Waals surface area contributed by atoms with Crippen LogP contribution in [0.1, 0.15) is 36.2 Å². The number of carbonyl (C=O) groups excluding carboxylic acids is 3. The fourth-order valence-corrected chi connectivity index (χ4v) is 3.46. The number of fused-ring (bicyclic) bond motifs is 1. The summed E-state index contributed by atoms with van der Waals surface area (Å²) in [5, 5.41) is 12.0. The lowest BCUT2D eigenvalue weighted by Crippen LogP contribution is -2.55. The van der Waals surface area contributed by atoms with E-state index in [1.807, 2.05) is 6.07 Å². The fraction of sp³-hybridized carbons (Fsp3) is 0.400. The highest BCUT2D eigenvalue weighted by molar-refractivity contribution is 6.00. The first-order chi connectivity index (χ1) is 13.9. The minimum atomic E-state index is -1.48. The number of halogens is 1. The first kappa shape index (κ1) is 20.5. The van der Waals surface area contributed by atoms with Gasteiger partial charge in [0, 0.05) is 11.9 Å². The molecule has 2 aromatic rings. The van der Waals surface area contributed by atoms with Crippen molar-refractivity contribution in [1.82, 2.24) is 10.2 Å². The number of hydrogen-bond acceptors (Lipinski definition) is 5. The molecular formula is C20H21FN2O6. The van der Waals surface area contributed by atoms with Crippen molar-refractivity contribution in [3.8, 4) is 0 Å². The number of rotatable bonds is 7. The van der Waals surface area contributed by atoms with Crippen molar-refractivity contribution in [2.45, 2.75) is 37.8 Å². The smallest absolute Gasteiger partial charge is 0.305 e. The Labute approximate surface area is 165 Å². The van der Waals surface area contributed by atoms with Gasteiger partial charge in [-0.15, -0.1) is 0 Å². The molecule has 1 aromatic heterocycles. The summed E-state index contributed by atoms with van der Waals surface area (Å²) in [7, 11) is 0. The molecule has 1 fully saturated rings. The zero-order valence-electron chi connectivity index (χ0n) is 15.6. The molecule has 9 heteroatoms. The summed E-state index contributed by atoms with van der Waals surface area (Å²) in [5.74, 6) is -3.41. The summed E-state index contributed by atoms with van der Waals surface area (Å²) < 4.78 is 18.3. The molecule has 29 heavy (non-hydrogen) atoms. The quantitative estimate of drug-likeness (QED) is 0.728. The van der Waals surface area contributed by atoms with Crippen LogP contribution >= 0.6 is 0 Å². The Kier molecular flexibility index (Phi) is 6.26. The van der Waals surface area contributed by atoms with E-state index in [0.717, 1.165) is 5.39 Å². The van der Waals surface area contributed by atoms with Gasteiger partial charge in [-0.2, -0.15) is 0 Å². The Hall–Kier alpha value is -3.23. The van der Waals surface area contributed by atoms with Crippen LogP contribution in [0.2, 0.25) is 0 Å². The average molecular weight is 404 g/mol. The molecule has 3 rings (SSSR count). The van der Waals surface area contributed by atoms with Crippen molar-refractivity contribution in [3.05, 3.63) is 36.1 Å². The number of nitrogens with one attached hydrogen (secondary N) is 1. The monoisotopic (exact) mass is 404 g/mol. The van der Waals surface area contributed by atoms with Gasteiger partial charge in [0.1, 0.15) is 24.3 Å². The van der Waals surface area contributed by atoms with Gasteiger partial charge in [-0.3, -0.25) is 19.2 Å². The van der Waals surface area contributed by atoms with Crippen LogP contribution in [0, 0.1) is 0 Å². The molecule has 0 spiro atoms. The molecule has 0 radical (unpaired) electrons. The average Bonchev–Trinajstić information content (AvgIpc) is 3.16. The van der Waals surface area contributed by atoms with E-state index in [9.17, 15) is 23.6 Å². The summed E-state index contributed by atoms with van der Waals surface area (Å²) in [6, 6.07) is 6.35. The third kappa shape index (κ3) is 4.61. The second kappa shape index (κ2) is 8.85. The number of carboxylic acid groups (broad SMARTS) is 1. The van der Waals surface area contributed by atoms with E-state index in [0.29, 0.717) is 31.4 Å². The summed E-state index contributed by atoms with van der Waals surface area (Å²) in [6.07, 6.45) is 1.00. The number of furan rings is 1. The highest BCUT2D eigenvalue weighted by Crippen LogP contribution is 2.24. The Morgan fingerprint density at radius 3 is 2.69 bits per heavy atom. The number of carbonyl (C=O) groups is 4. The second-order valence-electron chi connectivity index (χ2n) is 6.92. The van der Waals surface area contributed by atoms with Crippen LogP contribution in [-0.2, 0) is 14.4 Å². The van der Waals surface area contributed by atoms with E-state index in [2.05, 4.69) is 5.32 Å². The van der Waals surface area contributed by atoms with Gasteiger partial charge in [-0.25, -0.2) is 4.39 Å². The predicted octanol–water partition coefficient (Wildman–Crippen LogP) is 1.93. The number of ketones is 1. The molecule has 1 aliphatic heterocycles. The summed E-state index contributed by atoms with van der Waals surface area (Å²) >= 11 is 0. The molecule has 2 unspecified atom stereocenters. The van der Waals surface area contributed by atoms with E-state index in [4.69, 9.17) is 9.52 Å². The fourth-order valence-electron chi connectivity index (χ4n) is 3.46. The second-order valence-corrected chi connectivity index (χ2v) is 6.92. The van der Waals surface area contributed by atoms with Crippen LogP contribution in [0.5, 0.6) is 0 Å². The van der Waals surface area contributed by atoms with E-state index in [1.165, 1.54) is 4.90 Å². The molecule has 2 heterocycles. The van der Waals surface area contributed by atoms with Crippen molar-refractivity contribution in [2.75, 3.05) is 13.2 Å². The van der Waals surface area contributed by atoms with Gasteiger partial charge in [0.15, 0.2) is 11.5 Å². The molecule has 1 aromatic carbocycles. The number of carboxylic acids is 1. The van der Waals surface area contributed by atoms with Gasteiger partial charge in [-0.05, 0) is 31.4 Å². The van der Waals surface area contributed by atoms with Crippen LogP contribution in [0.25, 0.3) is 11.0 Å². The lowest BCUT2D eigenvalue weighted by atomic mass is 9.99. The molecule has 154 valence electrons. The zero-order chi connectivity index (χ0) is 21.0. The summed E-state index contributed by atoms with van der Waals surface area (Å²) in [6.45, 7) is -1.07. The summed E-state index contributed by atoms with van der Waals surface area (Å²) in [4.78, 5) is 49.6. The van der Waals surface area contributed by atoms with Crippen LogP contribution in [0.4, 0.5) is 4.39 Å². The van der Waals surface area contributed by atoms with Crippen molar-refractivity contribution in [1.29, 1.82) is 0 Å². The van der Waals surface area contributed by atoms with E-state index >= 15 is 0 Å². The van der Waals surface area contributed by atoms with Gasteiger partial charge >= 0.3 is 5.97 Å². The maximum absolute atomic E-state index is 13.0. The van der Waals surface area contributed by atoms with Gasteiger partial charge in [0.25, 0.3) is 5.91 Å². The largest absolute Gasteiger partial charge is 0.481 e. The first-order valence-electron chi connectivity index (χ1n) is 9.31. The van der Waals surface area contributed by atoms with Crippen LogP contribution in [0.15, 0.2) is 34.7 Å². The zero-order valence-corrected chi connectivity index (χ0v) is 15.6. The Balaban J connectivity index is 1.79. The number of alkyl halides is 1. The Morgan fingerprint density at radius 2 is 2.00 bits per heavy atom. The van der Waals surface area contributed by atoms with Gasteiger partial charge < -0.3 is 19.7 Å². The number of aliphatic carboxylic acids is 1. The predicted molar refractivity (Wildman–Crippen MR) is 100 cm³/mol. The molecule has 2 N–H and O–H groups in total.